The van der Waals surface area contributed by atoms with Crippen LogP contribution in [0.2, 0.25) is 0 Å². The third kappa shape index (κ3) is 3.58. The lowest BCUT2D eigenvalue weighted by Crippen LogP contribution is -2.23. The molecule has 0 amide bonds. The van der Waals surface area contributed by atoms with E-state index in [0.29, 0.717) is 11.8 Å². The van der Waals surface area contributed by atoms with E-state index in [1.54, 1.807) is 0 Å². The first kappa shape index (κ1) is 12.6. The second-order valence-electron chi connectivity index (χ2n) is 2.77. The highest BCUT2D eigenvalue weighted by molar-refractivity contribution is 7.99. The van der Waals surface area contributed by atoms with Gasteiger partial charge in [0.2, 0.25) is 0 Å². The third-order valence-electron chi connectivity index (χ3n) is 1.59. The van der Waals surface area contributed by atoms with Gasteiger partial charge in [-0.3, -0.25) is 4.79 Å². The molecular formula is C8H6F3N3OS. The monoisotopic (exact) mass is 249 g/mol. The summed E-state index contributed by atoms with van der Waals surface area (Å²) in [7, 11) is 0. The van der Waals surface area contributed by atoms with Gasteiger partial charge in [-0.1, -0.05) is 11.8 Å². The van der Waals surface area contributed by atoms with Gasteiger partial charge in [-0.15, -0.1) is 0 Å². The fraction of sp³-hybridized carbons (Fsp3) is 0.375. The van der Waals surface area contributed by atoms with Crippen molar-refractivity contribution in [2.75, 3.05) is 5.75 Å². The molecule has 0 aromatic carbocycles. The maximum Gasteiger partial charge on any atom is 0.405 e. The van der Waals surface area contributed by atoms with Crippen molar-refractivity contribution < 1.29 is 13.2 Å². The number of halogens is 3. The molecule has 0 fully saturated rings. The summed E-state index contributed by atoms with van der Waals surface area (Å²) < 4.78 is 36.5. The maximum absolute atomic E-state index is 12.2. The van der Waals surface area contributed by atoms with Gasteiger partial charge in [0.15, 0.2) is 11.1 Å². The van der Waals surface area contributed by atoms with Crippen LogP contribution in [0.25, 0.3) is 0 Å². The quantitative estimate of drug-likeness (QED) is 0.652. The number of hydrogen-bond donors (Lipinski definition) is 1. The third-order valence-corrected chi connectivity index (χ3v) is 2.57. The van der Waals surface area contributed by atoms with Crippen LogP contribution in [0.5, 0.6) is 0 Å². The Bertz CT molecular complexity index is 451. The Kier molecular flexibility index (Phi) is 3.95. The minimum atomic E-state index is -4.56. The summed E-state index contributed by atoms with van der Waals surface area (Å²) in [5, 5.41) is 8.39. The molecule has 1 N–H and O–H groups in total. The highest BCUT2D eigenvalue weighted by Gasteiger charge is 2.39. The number of nitriles is 1. The van der Waals surface area contributed by atoms with Crippen molar-refractivity contribution in [2.24, 2.45) is 5.92 Å². The average molecular weight is 249 g/mol. The number of nitrogens with zero attached hydrogens (tertiary/aromatic N) is 2. The summed E-state index contributed by atoms with van der Waals surface area (Å²) >= 11 is 0.685. The van der Waals surface area contributed by atoms with E-state index in [0.717, 1.165) is 12.1 Å². The summed E-state index contributed by atoms with van der Waals surface area (Å²) in [5.41, 5.74) is -0.446. The van der Waals surface area contributed by atoms with Gasteiger partial charge in [0.1, 0.15) is 0 Å². The van der Waals surface area contributed by atoms with E-state index < -0.39 is 23.4 Å². The van der Waals surface area contributed by atoms with E-state index in [4.69, 9.17) is 5.26 Å². The summed E-state index contributed by atoms with van der Waals surface area (Å²) in [6, 6.07) is 2.31. The molecule has 0 bridgehead atoms. The fourth-order valence-corrected chi connectivity index (χ4v) is 1.69. The Morgan fingerprint density at radius 3 is 2.81 bits per heavy atom. The maximum atomic E-state index is 12.2. The predicted octanol–water partition coefficient (Wildman–Crippen LogP) is 1.56. The fourth-order valence-electron chi connectivity index (χ4n) is 0.793. The van der Waals surface area contributed by atoms with Gasteiger partial charge >= 0.3 is 6.18 Å². The summed E-state index contributed by atoms with van der Waals surface area (Å²) in [4.78, 5) is 16.7. The van der Waals surface area contributed by atoms with E-state index in [1.807, 2.05) is 0 Å². The predicted molar refractivity (Wildman–Crippen MR) is 50.7 cm³/mol. The Morgan fingerprint density at radius 1 is 1.62 bits per heavy atom. The number of alkyl halides is 3. The largest absolute Gasteiger partial charge is 0.405 e. The zero-order valence-electron chi connectivity index (χ0n) is 7.78. The van der Waals surface area contributed by atoms with E-state index >= 15 is 0 Å². The topological polar surface area (TPSA) is 69.5 Å². The van der Waals surface area contributed by atoms with E-state index in [-0.39, 0.29) is 5.16 Å². The summed E-state index contributed by atoms with van der Waals surface area (Å²) in [6.07, 6.45) is -3.37. The van der Waals surface area contributed by atoms with Crippen molar-refractivity contribution in [3.8, 4) is 6.07 Å². The molecular weight excluding hydrogens is 243 g/mol. The van der Waals surface area contributed by atoms with Crippen molar-refractivity contribution in [3.05, 3.63) is 22.6 Å². The highest BCUT2D eigenvalue weighted by Crippen LogP contribution is 2.29. The average Bonchev–Trinajstić information content (AvgIpc) is 2.16. The van der Waals surface area contributed by atoms with Gasteiger partial charge in [-0.2, -0.15) is 18.4 Å². The molecule has 86 valence electrons. The Morgan fingerprint density at radius 2 is 2.31 bits per heavy atom. The molecule has 0 aliphatic carbocycles. The van der Waals surface area contributed by atoms with Crippen LogP contribution >= 0.6 is 11.8 Å². The van der Waals surface area contributed by atoms with Crippen LogP contribution in [0.15, 0.2) is 22.2 Å². The molecule has 1 atom stereocenters. The smallest absolute Gasteiger partial charge is 0.301 e. The van der Waals surface area contributed by atoms with Crippen molar-refractivity contribution in [2.45, 2.75) is 11.3 Å². The van der Waals surface area contributed by atoms with Crippen LogP contribution in [0, 0.1) is 17.2 Å². The highest BCUT2D eigenvalue weighted by atomic mass is 32.2. The van der Waals surface area contributed by atoms with Gasteiger partial charge in [0, 0.05) is 18.0 Å². The standard InChI is InChI=1S/C8H6F3N3OS/c9-8(10,11)5(3-12)4-16-7-13-2-1-6(15)14-7/h1-2,5H,4H2,(H,13,14,15). The first-order chi connectivity index (χ1) is 7.43. The van der Waals surface area contributed by atoms with Crippen LogP contribution in [0.1, 0.15) is 0 Å². The molecule has 1 rings (SSSR count). The molecule has 0 spiro atoms. The zero-order chi connectivity index (χ0) is 12.2. The molecule has 1 aromatic heterocycles. The van der Waals surface area contributed by atoms with Gasteiger partial charge in [0.05, 0.1) is 6.07 Å². The minimum absolute atomic E-state index is 0.0667. The molecule has 4 nitrogen and oxygen atoms in total. The van der Waals surface area contributed by atoms with Crippen LogP contribution in [-0.2, 0) is 0 Å². The van der Waals surface area contributed by atoms with Gasteiger partial charge in [0.25, 0.3) is 5.56 Å². The van der Waals surface area contributed by atoms with Crippen LogP contribution in [0.4, 0.5) is 13.2 Å². The molecule has 1 heterocycles. The molecule has 8 heteroatoms. The molecule has 0 radical (unpaired) electrons. The molecule has 1 unspecified atom stereocenters. The second-order valence-corrected chi connectivity index (χ2v) is 3.78. The Balaban J connectivity index is 2.64. The van der Waals surface area contributed by atoms with Crippen molar-refractivity contribution in [3.63, 3.8) is 0 Å². The van der Waals surface area contributed by atoms with Crippen molar-refractivity contribution >= 4 is 11.8 Å². The first-order valence-electron chi connectivity index (χ1n) is 4.08. The minimum Gasteiger partial charge on any atom is -0.301 e. The Hall–Kier alpha value is -1.49. The lowest BCUT2D eigenvalue weighted by atomic mass is 10.2. The SMILES string of the molecule is N#CC(CSc1nccc(=O)[nH]1)C(F)(F)F. The second kappa shape index (κ2) is 5.03. The summed E-state index contributed by atoms with van der Waals surface area (Å²) in [6.45, 7) is 0. The normalized spacial score (nSPS) is 13.1. The van der Waals surface area contributed by atoms with E-state index in [1.165, 1.54) is 6.20 Å². The molecule has 0 saturated carbocycles. The molecule has 0 aliphatic rings. The van der Waals surface area contributed by atoms with Gasteiger partial charge < -0.3 is 4.98 Å². The van der Waals surface area contributed by atoms with Crippen LogP contribution < -0.4 is 5.56 Å². The molecule has 16 heavy (non-hydrogen) atoms. The first-order valence-corrected chi connectivity index (χ1v) is 5.06. The van der Waals surface area contributed by atoms with Gasteiger partial charge in [-0.25, -0.2) is 4.98 Å². The number of nitrogens with one attached hydrogen (secondary N) is 1. The van der Waals surface area contributed by atoms with Crippen molar-refractivity contribution in [1.82, 2.24) is 9.97 Å². The number of hydrogen-bond acceptors (Lipinski definition) is 4. The molecule has 1 aromatic rings. The number of thioether (sulfide) groups is 1. The number of H-pyrrole nitrogens is 1. The van der Waals surface area contributed by atoms with Crippen LogP contribution in [-0.4, -0.2) is 21.9 Å². The molecule has 0 aliphatic heterocycles. The van der Waals surface area contributed by atoms with E-state index in [2.05, 4.69) is 9.97 Å². The number of aromatic amines is 1. The van der Waals surface area contributed by atoms with Crippen molar-refractivity contribution in [1.29, 1.82) is 5.26 Å². The Labute approximate surface area is 92.5 Å². The number of aromatic nitrogens is 2. The molecule has 0 saturated heterocycles. The van der Waals surface area contributed by atoms with E-state index in [9.17, 15) is 18.0 Å². The van der Waals surface area contributed by atoms with Gasteiger partial charge in [-0.05, 0) is 0 Å². The van der Waals surface area contributed by atoms with Crippen LogP contribution in [0.3, 0.4) is 0 Å². The number of rotatable bonds is 3. The summed E-state index contributed by atoms with van der Waals surface area (Å²) in [5.74, 6) is -2.56. The lowest BCUT2D eigenvalue weighted by Gasteiger charge is -2.11. The zero-order valence-corrected chi connectivity index (χ0v) is 8.60. The lowest BCUT2D eigenvalue weighted by molar-refractivity contribution is -0.152.